The molecule has 0 aliphatic heterocycles. The summed E-state index contributed by atoms with van der Waals surface area (Å²) in [4.78, 5) is 0. The van der Waals surface area contributed by atoms with Gasteiger partial charge in [0.2, 0.25) is 0 Å². The zero-order valence-corrected chi connectivity index (χ0v) is 10.2. The van der Waals surface area contributed by atoms with Crippen LogP contribution in [0.1, 0.15) is 37.0 Å². The van der Waals surface area contributed by atoms with Gasteiger partial charge in [0.1, 0.15) is 0 Å². The third-order valence-electron chi connectivity index (χ3n) is 3.03. The third kappa shape index (κ3) is 3.67. The second-order valence-electron chi connectivity index (χ2n) is 4.65. The van der Waals surface area contributed by atoms with Gasteiger partial charge in [-0.2, -0.15) is 0 Å². The van der Waals surface area contributed by atoms with Gasteiger partial charge in [0, 0.05) is 0 Å². The number of aliphatic hydroxyl groups is 1. The predicted molar refractivity (Wildman–Crippen MR) is 65.1 cm³/mol. The Labute approximate surface area is 93.1 Å². The molecule has 1 aromatic rings. The van der Waals surface area contributed by atoms with E-state index in [4.69, 9.17) is 0 Å². The van der Waals surface area contributed by atoms with Crippen molar-refractivity contribution in [3.05, 3.63) is 34.9 Å². The molecule has 0 saturated carbocycles. The van der Waals surface area contributed by atoms with Crippen molar-refractivity contribution < 1.29 is 5.11 Å². The van der Waals surface area contributed by atoms with Crippen LogP contribution in [0.4, 0.5) is 0 Å². The van der Waals surface area contributed by atoms with Crippen molar-refractivity contribution in [2.75, 3.05) is 0 Å². The van der Waals surface area contributed by atoms with E-state index in [2.05, 4.69) is 45.9 Å². The Kier molecular flexibility index (Phi) is 4.34. The van der Waals surface area contributed by atoms with Gasteiger partial charge in [-0.05, 0) is 31.7 Å². The minimum Gasteiger partial charge on any atom is -0.393 e. The number of hydrogen-bond acceptors (Lipinski definition) is 1. The lowest BCUT2D eigenvalue weighted by molar-refractivity contribution is 0.115. The molecule has 0 saturated heterocycles. The highest BCUT2D eigenvalue weighted by Crippen LogP contribution is 2.16. The highest BCUT2D eigenvalue weighted by Gasteiger charge is 2.12. The van der Waals surface area contributed by atoms with Crippen molar-refractivity contribution in [3.63, 3.8) is 0 Å². The molecule has 15 heavy (non-hydrogen) atoms. The monoisotopic (exact) mass is 206 g/mol. The average Bonchev–Trinajstić information content (AvgIpc) is 2.14. The number of aliphatic hydroxyl groups excluding tert-OH is 1. The van der Waals surface area contributed by atoms with Crippen molar-refractivity contribution in [1.82, 2.24) is 0 Å². The summed E-state index contributed by atoms with van der Waals surface area (Å²) < 4.78 is 0. The maximum Gasteiger partial charge on any atom is 0.0605 e. The first-order valence-electron chi connectivity index (χ1n) is 5.78. The van der Waals surface area contributed by atoms with Crippen LogP contribution in [0.15, 0.2) is 18.2 Å². The van der Waals surface area contributed by atoms with Gasteiger partial charge in [0.15, 0.2) is 0 Å². The Morgan fingerprint density at radius 1 is 1.13 bits per heavy atom. The second-order valence-corrected chi connectivity index (χ2v) is 4.65. The maximum atomic E-state index is 9.95. The van der Waals surface area contributed by atoms with Crippen LogP contribution in [-0.2, 0) is 6.42 Å². The van der Waals surface area contributed by atoms with Gasteiger partial charge in [-0.15, -0.1) is 0 Å². The van der Waals surface area contributed by atoms with E-state index in [1.807, 2.05) is 0 Å². The van der Waals surface area contributed by atoms with Crippen LogP contribution in [0.3, 0.4) is 0 Å². The molecule has 0 fully saturated rings. The van der Waals surface area contributed by atoms with Gasteiger partial charge in [-0.1, -0.05) is 49.6 Å². The smallest absolute Gasteiger partial charge is 0.0605 e. The van der Waals surface area contributed by atoms with Crippen LogP contribution in [0.25, 0.3) is 0 Å². The molecule has 1 N–H and O–H groups in total. The Hall–Kier alpha value is -0.820. The normalized spacial score (nSPS) is 15.0. The highest BCUT2D eigenvalue weighted by atomic mass is 16.3. The van der Waals surface area contributed by atoms with Crippen molar-refractivity contribution in [2.24, 2.45) is 5.92 Å². The molecule has 1 nitrogen and oxygen atoms in total. The summed E-state index contributed by atoms with van der Waals surface area (Å²) in [5.41, 5.74) is 3.81. The van der Waals surface area contributed by atoms with Crippen molar-refractivity contribution in [2.45, 2.75) is 46.6 Å². The van der Waals surface area contributed by atoms with Crippen LogP contribution in [0, 0.1) is 19.8 Å². The summed E-state index contributed by atoms with van der Waals surface area (Å²) in [5.74, 6) is 0.380. The van der Waals surface area contributed by atoms with Crippen LogP contribution in [-0.4, -0.2) is 11.2 Å². The van der Waals surface area contributed by atoms with Crippen molar-refractivity contribution in [1.29, 1.82) is 0 Å². The van der Waals surface area contributed by atoms with Crippen LogP contribution in [0.2, 0.25) is 0 Å². The number of benzene rings is 1. The highest BCUT2D eigenvalue weighted by molar-refractivity contribution is 5.28. The van der Waals surface area contributed by atoms with E-state index in [1.165, 1.54) is 16.7 Å². The van der Waals surface area contributed by atoms with Gasteiger partial charge in [-0.3, -0.25) is 0 Å². The van der Waals surface area contributed by atoms with E-state index in [0.29, 0.717) is 5.92 Å². The molecule has 0 aliphatic carbocycles. The Balaban J connectivity index is 2.72. The number of hydrogen-bond donors (Lipinski definition) is 1. The number of aryl methyl sites for hydroxylation is 2. The van der Waals surface area contributed by atoms with Gasteiger partial charge in [-0.25, -0.2) is 0 Å². The minimum absolute atomic E-state index is 0.212. The molecule has 1 aromatic carbocycles. The van der Waals surface area contributed by atoms with E-state index < -0.39 is 0 Å². The fourth-order valence-electron chi connectivity index (χ4n) is 1.90. The largest absolute Gasteiger partial charge is 0.393 e. The van der Waals surface area contributed by atoms with E-state index in [-0.39, 0.29) is 6.10 Å². The second kappa shape index (κ2) is 5.32. The Morgan fingerprint density at radius 2 is 1.67 bits per heavy atom. The quantitative estimate of drug-likeness (QED) is 0.801. The van der Waals surface area contributed by atoms with Gasteiger partial charge in [0.25, 0.3) is 0 Å². The maximum absolute atomic E-state index is 9.95. The van der Waals surface area contributed by atoms with Gasteiger partial charge < -0.3 is 5.11 Å². The molecule has 2 atom stereocenters. The summed E-state index contributed by atoms with van der Waals surface area (Å²) in [6, 6.07) is 6.50. The fourth-order valence-corrected chi connectivity index (χ4v) is 1.90. The molecule has 0 radical (unpaired) electrons. The lowest BCUT2D eigenvalue weighted by Gasteiger charge is -2.17. The van der Waals surface area contributed by atoms with Gasteiger partial charge in [0.05, 0.1) is 6.10 Å². The first-order valence-corrected chi connectivity index (χ1v) is 5.78. The molecule has 2 unspecified atom stereocenters. The standard InChI is InChI=1S/C14H22O/c1-5-12(4)14(15)9-13-7-10(2)6-11(3)8-13/h6-8,12,14-15H,5,9H2,1-4H3. The molecule has 0 spiro atoms. The summed E-state index contributed by atoms with van der Waals surface area (Å²) in [7, 11) is 0. The van der Waals surface area contributed by atoms with Crippen LogP contribution in [0.5, 0.6) is 0 Å². The summed E-state index contributed by atoms with van der Waals surface area (Å²) in [6.07, 6.45) is 1.60. The van der Waals surface area contributed by atoms with E-state index in [0.717, 1.165) is 12.8 Å². The summed E-state index contributed by atoms with van der Waals surface area (Å²) in [5, 5.41) is 9.95. The van der Waals surface area contributed by atoms with Gasteiger partial charge >= 0.3 is 0 Å². The lowest BCUT2D eigenvalue weighted by atomic mass is 9.94. The summed E-state index contributed by atoms with van der Waals surface area (Å²) in [6.45, 7) is 8.43. The molecule has 0 aliphatic rings. The zero-order valence-electron chi connectivity index (χ0n) is 10.2. The molecule has 0 bridgehead atoms. The minimum atomic E-state index is -0.212. The Bertz CT molecular complexity index is 297. The van der Waals surface area contributed by atoms with E-state index in [9.17, 15) is 5.11 Å². The fraction of sp³-hybridized carbons (Fsp3) is 0.571. The van der Waals surface area contributed by atoms with Crippen LogP contribution < -0.4 is 0 Å². The number of rotatable bonds is 4. The first-order chi connectivity index (χ1) is 7.02. The molecule has 0 heterocycles. The van der Waals surface area contributed by atoms with Crippen LogP contribution >= 0.6 is 0 Å². The molecule has 0 aromatic heterocycles. The summed E-state index contributed by atoms with van der Waals surface area (Å²) >= 11 is 0. The molecule has 1 heteroatoms. The predicted octanol–water partition coefficient (Wildman–Crippen LogP) is 3.25. The average molecular weight is 206 g/mol. The topological polar surface area (TPSA) is 20.2 Å². The third-order valence-corrected chi connectivity index (χ3v) is 3.03. The lowest BCUT2D eigenvalue weighted by Crippen LogP contribution is -2.19. The Morgan fingerprint density at radius 3 is 2.13 bits per heavy atom. The van der Waals surface area contributed by atoms with Crippen molar-refractivity contribution in [3.8, 4) is 0 Å². The zero-order chi connectivity index (χ0) is 11.4. The van der Waals surface area contributed by atoms with E-state index in [1.54, 1.807) is 0 Å². The first kappa shape index (κ1) is 12.3. The van der Waals surface area contributed by atoms with Crippen molar-refractivity contribution >= 4 is 0 Å². The molecular weight excluding hydrogens is 184 g/mol. The molecule has 84 valence electrons. The molecule has 0 amide bonds. The molecule has 1 rings (SSSR count). The van der Waals surface area contributed by atoms with E-state index >= 15 is 0 Å². The SMILES string of the molecule is CCC(C)C(O)Cc1cc(C)cc(C)c1. The molecular formula is C14H22O.